The Morgan fingerprint density at radius 3 is 2.46 bits per heavy atom. The van der Waals surface area contributed by atoms with Gasteiger partial charge in [-0.15, -0.1) is 0 Å². The van der Waals surface area contributed by atoms with Crippen molar-refractivity contribution in [2.24, 2.45) is 0 Å². The van der Waals surface area contributed by atoms with Gasteiger partial charge in [-0.2, -0.15) is 0 Å². The quantitative estimate of drug-likeness (QED) is 0.218. The van der Waals surface area contributed by atoms with Crippen LogP contribution in [0.3, 0.4) is 0 Å². The molecule has 210 valence electrons. The lowest BCUT2D eigenvalue weighted by molar-refractivity contribution is 0.0909. The van der Waals surface area contributed by atoms with Crippen molar-refractivity contribution >= 4 is 22.9 Å². The Balaban J connectivity index is 1.64. The number of hydrogen-bond donors (Lipinski definition) is 2. The first-order chi connectivity index (χ1) is 19.6. The van der Waals surface area contributed by atoms with Crippen molar-refractivity contribution in [3.8, 4) is 22.5 Å². The third-order valence-corrected chi connectivity index (χ3v) is 7.29. The fourth-order valence-corrected chi connectivity index (χ4v) is 4.76. The van der Waals surface area contributed by atoms with Gasteiger partial charge in [-0.3, -0.25) is 9.59 Å². The van der Waals surface area contributed by atoms with E-state index >= 15 is 0 Å². The predicted molar refractivity (Wildman–Crippen MR) is 154 cm³/mol. The molecule has 0 aliphatic carbocycles. The molecule has 0 bridgehead atoms. The van der Waals surface area contributed by atoms with Gasteiger partial charge >= 0.3 is 0 Å². The fourth-order valence-electron chi connectivity index (χ4n) is 4.76. The molecule has 3 aromatic heterocycles. The molecular formula is C32H31FN4O4. The third-order valence-electron chi connectivity index (χ3n) is 7.29. The molecule has 2 aromatic carbocycles. The topological polar surface area (TPSA) is 110 Å². The summed E-state index contributed by atoms with van der Waals surface area (Å²) < 4.78 is 24.9. The second kappa shape index (κ2) is 11.0. The van der Waals surface area contributed by atoms with E-state index in [1.54, 1.807) is 25.2 Å². The summed E-state index contributed by atoms with van der Waals surface area (Å²) in [6.07, 6.45) is 3.64. The Labute approximate surface area is 237 Å². The summed E-state index contributed by atoms with van der Waals surface area (Å²) in [4.78, 5) is 35.5. The van der Waals surface area contributed by atoms with Crippen molar-refractivity contribution in [3.63, 3.8) is 0 Å². The maximum absolute atomic E-state index is 13.6. The van der Waals surface area contributed by atoms with Gasteiger partial charge in [0.15, 0.2) is 6.39 Å². The number of carbonyl (C=O) groups is 2. The highest BCUT2D eigenvalue weighted by Crippen LogP contribution is 2.39. The van der Waals surface area contributed by atoms with Crippen molar-refractivity contribution in [1.82, 2.24) is 20.6 Å². The lowest BCUT2D eigenvalue weighted by Crippen LogP contribution is -2.41. The van der Waals surface area contributed by atoms with Gasteiger partial charge in [-0.05, 0) is 74.2 Å². The van der Waals surface area contributed by atoms with E-state index < -0.39 is 5.54 Å². The average Bonchev–Trinajstić information content (AvgIpc) is 3.65. The largest absolute Gasteiger partial charge is 0.451 e. The van der Waals surface area contributed by atoms with Crippen LogP contribution in [0.1, 0.15) is 72.1 Å². The monoisotopic (exact) mass is 554 g/mol. The van der Waals surface area contributed by atoms with E-state index in [1.807, 2.05) is 38.1 Å². The Hall–Kier alpha value is -4.79. The zero-order valence-electron chi connectivity index (χ0n) is 23.5. The Morgan fingerprint density at radius 1 is 1.05 bits per heavy atom. The van der Waals surface area contributed by atoms with Crippen molar-refractivity contribution in [1.29, 1.82) is 0 Å². The van der Waals surface area contributed by atoms with Crippen molar-refractivity contribution in [3.05, 3.63) is 95.6 Å². The number of nitrogens with one attached hydrogen (secondary N) is 2. The van der Waals surface area contributed by atoms with Gasteiger partial charge in [-0.25, -0.2) is 14.4 Å². The van der Waals surface area contributed by atoms with E-state index in [4.69, 9.17) is 13.8 Å². The van der Waals surface area contributed by atoms with Crippen LogP contribution in [0, 0.1) is 5.82 Å². The van der Waals surface area contributed by atoms with Gasteiger partial charge in [0.05, 0.1) is 22.2 Å². The number of nitrogens with zero attached hydrogens (tertiary/aromatic N) is 2. The van der Waals surface area contributed by atoms with Gasteiger partial charge in [-0.1, -0.05) is 26.0 Å². The minimum atomic E-state index is -0.752. The number of furan rings is 1. The number of amides is 2. The zero-order valence-corrected chi connectivity index (χ0v) is 23.5. The second-order valence-corrected chi connectivity index (χ2v) is 10.5. The number of rotatable bonds is 8. The maximum Gasteiger partial charge on any atom is 0.255 e. The Kier molecular flexibility index (Phi) is 7.45. The van der Waals surface area contributed by atoms with Crippen molar-refractivity contribution in [2.45, 2.75) is 45.6 Å². The molecule has 0 radical (unpaired) electrons. The molecule has 8 nitrogen and oxygen atoms in total. The lowest BCUT2D eigenvalue weighted by Gasteiger charge is -2.24. The summed E-state index contributed by atoms with van der Waals surface area (Å²) in [6, 6.07) is 14.9. The molecule has 2 amide bonds. The molecule has 41 heavy (non-hydrogen) atoms. The predicted octanol–water partition coefficient (Wildman–Crippen LogP) is 6.83. The van der Waals surface area contributed by atoms with Crippen LogP contribution in [0.5, 0.6) is 0 Å². The standard InChI is InChI=1S/C32H31FN4O4/c1-6-18(2)27-23(20-8-7-9-21(14-20)29(38)37-32(3,4)25-16-40-17-35-25)15-24-26(30(39)34-5)28(41-31(24)36-27)19-10-12-22(33)13-11-19/h7-18H,6H2,1-5H3,(H,34,39)(H,37,38). The highest BCUT2D eigenvalue weighted by Gasteiger charge is 2.28. The van der Waals surface area contributed by atoms with Gasteiger partial charge in [0.25, 0.3) is 11.8 Å². The number of hydrogen-bond acceptors (Lipinski definition) is 6. The molecule has 5 aromatic rings. The van der Waals surface area contributed by atoms with Crippen molar-refractivity contribution < 1.29 is 22.8 Å². The summed E-state index contributed by atoms with van der Waals surface area (Å²) in [5, 5.41) is 6.22. The van der Waals surface area contributed by atoms with E-state index in [2.05, 4.69) is 29.5 Å². The SMILES string of the molecule is CCC(C)c1nc2oc(-c3ccc(F)cc3)c(C(=O)NC)c2cc1-c1cccc(C(=O)NC(C)(C)c2cocn2)c1. The van der Waals surface area contributed by atoms with Gasteiger partial charge in [0.1, 0.15) is 23.5 Å². The van der Waals surface area contributed by atoms with Crippen LogP contribution in [0.15, 0.2) is 76.1 Å². The zero-order chi connectivity index (χ0) is 29.3. The van der Waals surface area contributed by atoms with Crippen molar-refractivity contribution in [2.75, 3.05) is 7.05 Å². The first-order valence-electron chi connectivity index (χ1n) is 13.4. The fraction of sp³-hybridized carbons (Fsp3) is 0.250. The Morgan fingerprint density at radius 2 is 1.80 bits per heavy atom. The van der Waals surface area contributed by atoms with Gasteiger partial charge in [0, 0.05) is 23.7 Å². The first kappa shape index (κ1) is 27.8. The number of pyridine rings is 1. The average molecular weight is 555 g/mol. The molecule has 0 aliphatic rings. The lowest BCUT2D eigenvalue weighted by atomic mass is 9.92. The van der Waals surface area contributed by atoms with Crippen LogP contribution in [-0.4, -0.2) is 28.8 Å². The molecule has 1 atom stereocenters. The van der Waals surface area contributed by atoms with Gasteiger partial charge in [0.2, 0.25) is 5.71 Å². The highest BCUT2D eigenvalue weighted by molar-refractivity contribution is 6.11. The van der Waals surface area contributed by atoms with E-state index in [0.717, 1.165) is 23.2 Å². The minimum absolute atomic E-state index is 0.0563. The van der Waals surface area contributed by atoms with E-state index in [-0.39, 0.29) is 23.5 Å². The van der Waals surface area contributed by atoms with Crippen LogP contribution in [0.4, 0.5) is 4.39 Å². The number of halogens is 1. The van der Waals surface area contributed by atoms with Crippen LogP contribution >= 0.6 is 0 Å². The molecule has 1 unspecified atom stereocenters. The summed E-state index contributed by atoms with van der Waals surface area (Å²) in [6.45, 7) is 7.84. The molecule has 0 fully saturated rings. The molecule has 0 aliphatic heterocycles. The van der Waals surface area contributed by atoms with Crippen LogP contribution in [-0.2, 0) is 5.54 Å². The highest BCUT2D eigenvalue weighted by atomic mass is 19.1. The normalized spacial score (nSPS) is 12.3. The third kappa shape index (κ3) is 5.35. The van der Waals surface area contributed by atoms with E-state index in [1.165, 1.54) is 24.8 Å². The molecule has 3 heterocycles. The number of carbonyl (C=O) groups excluding carboxylic acids is 2. The van der Waals surface area contributed by atoms with Crippen LogP contribution < -0.4 is 10.6 Å². The summed E-state index contributed by atoms with van der Waals surface area (Å²) in [5.74, 6) is -0.649. The molecule has 2 N–H and O–H groups in total. The molecule has 9 heteroatoms. The Bertz CT molecular complexity index is 1720. The first-order valence-corrected chi connectivity index (χ1v) is 13.4. The maximum atomic E-state index is 13.6. The summed E-state index contributed by atoms with van der Waals surface area (Å²) in [5.41, 5.74) is 3.83. The second-order valence-electron chi connectivity index (χ2n) is 10.5. The number of aromatic nitrogens is 2. The number of fused-ring (bicyclic) bond motifs is 1. The van der Waals surface area contributed by atoms with Crippen LogP contribution in [0.2, 0.25) is 0 Å². The summed E-state index contributed by atoms with van der Waals surface area (Å²) in [7, 11) is 1.54. The molecule has 0 saturated heterocycles. The number of oxazole rings is 1. The van der Waals surface area contributed by atoms with E-state index in [0.29, 0.717) is 39.2 Å². The summed E-state index contributed by atoms with van der Waals surface area (Å²) >= 11 is 0. The molecule has 5 rings (SSSR count). The van der Waals surface area contributed by atoms with E-state index in [9.17, 15) is 14.0 Å². The molecule has 0 spiro atoms. The molecular weight excluding hydrogens is 523 g/mol. The van der Waals surface area contributed by atoms with Gasteiger partial charge < -0.3 is 19.5 Å². The van der Waals surface area contributed by atoms with Crippen LogP contribution in [0.25, 0.3) is 33.6 Å². The smallest absolute Gasteiger partial charge is 0.255 e. The molecule has 0 saturated carbocycles. The number of benzene rings is 2. The minimum Gasteiger partial charge on any atom is -0.451 e.